The summed E-state index contributed by atoms with van der Waals surface area (Å²) in [4.78, 5) is 12.4. The second-order valence-electron chi connectivity index (χ2n) is 6.75. The molecule has 28 heavy (non-hydrogen) atoms. The average Bonchev–Trinajstić information content (AvgIpc) is 3.25. The summed E-state index contributed by atoms with van der Waals surface area (Å²) in [5.41, 5.74) is 5.33. The number of nitrogens with zero attached hydrogens (tertiary/aromatic N) is 1. The lowest BCUT2D eigenvalue weighted by atomic mass is 9.98. The SMILES string of the molecule is O=C(Nc1n[nH]c2cc(O)ccc12)OCC1c2ccccc2-c2ccccc21. The number of aromatic hydroxyl groups is 1. The van der Waals surface area contributed by atoms with Crippen molar-refractivity contribution in [3.05, 3.63) is 77.9 Å². The zero-order valence-electron chi connectivity index (χ0n) is 14.8. The molecule has 1 heterocycles. The molecule has 0 atom stereocenters. The van der Waals surface area contributed by atoms with Gasteiger partial charge in [-0.05, 0) is 34.4 Å². The van der Waals surface area contributed by atoms with Crippen molar-refractivity contribution in [2.75, 3.05) is 11.9 Å². The maximum Gasteiger partial charge on any atom is 0.412 e. The van der Waals surface area contributed by atoms with E-state index in [1.165, 1.54) is 11.1 Å². The van der Waals surface area contributed by atoms with Gasteiger partial charge in [-0.25, -0.2) is 4.79 Å². The van der Waals surface area contributed by atoms with Crippen molar-refractivity contribution in [1.82, 2.24) is 10.2 Å². The van der Waals surface area contributed by atoms with Crippen molar-refractivity contribution in [3.63, 3.8) is 0 Å². The number of amides is 1. The number of carbonyl (C=O) groups excluding carboxylic acids is 1. The number of phenolic OH excluding ortho intramolecular Hbond substituents is 1. The van der Waals surface area contributed by atoms with Crippen LogP contribution in [0.15, 0.2) is 66.7 Å². The van der Waals surface area contributed by atoms with E-state index in [4.69, 9.17) is 4.74 Å². The molecule has 1 aliphatic rings. The van der Waals surface area contributed by atoms with E-state index in [1.54, 1.807) is 18.2 Å². The maximum absolute atomic E-state index is 12.4. The zero-order valence-corrected chi connectivity index (χ0v) is 14.8. The summed E-state index contributed by atoms with van der Waals surface area (Å²) in [6, 6.07) is 21.2. The van der Waals surface area contributed by atoms with E-state index in [9.17, 15) is 9.90 Å². The Kier molecular flexibility index (Phi) is 3.76. The molecule has 0 radical (unpaired) electrons. The van der Waals surface area contributed by atoms with Crippen molar-refractivity contribution < 1.29 is 14.6 Å². The Morgan fingerprint density at radius 1 is 1.04 bits per heavy atom. The summed E-state index contributed by atoms with van der Waals surface area (Å²) >= 11 is 0. The van der Waals surface area contributed by atoms with Crippen LogP contribution in [0.1, 0.15) is 17.0 Å². The largest absolute Gasteiger partial charge is 0.508 e. The molecule has 0 saturated carbocycles. The third kappa shape index (κ3) is 2.66. The fourth-order valence-corrected chi connectivity index (χ4v) is 3.83. The van der Waals surface area contributed by atoms with Gasteiger partial charge in [0.1, 0.15) is 12.4 Å². The smallest absolute Gasteiger partial charge is 0.412 e. The molecular weight excluding hydrogens is 354 g/mol. The molecule has 0 spiro atoms. The lowest BCUT2D eigenvalue weighted by Crippen LogP contribution is -2.18. The summed E-state index contributed by atoms with van der Waals surface area (Å²) in [6.45, 7) is 0.239. The fourth-order valence-electron chi connectivity index (χ4n) is 3.83. The van der Waals surface area contributed by atoms with Gasteiger partial charge in [-0.2, -0.15) is 5.10 Å². The van der Waals surface area contributed by atoms with Gasteiger partial charge in [-0.15, -0.1) is 0 Å². The molecule has 3 N–H and O–H groups in total. The first-order valence-corrected chi connectivity index (χ1v) is 9.00. The molecule has 0 fully saturated rings. The number of aromatic amines is 1. The third-order valence-electron chi connectivity index (χ3n) is 5.11. The van der Waals surface area contributed by atoms with Gasteiger partial charge in [0.25, 0.3) is 0 Å². The number of hydrogen-bond acceptors (Lipinski definition) is 4. The van der Waals surface area contributed by atoms with Gasteiger partial charge in [0.05, 0.1) is 5.52 Å². The van der Waals surface area contributed by atoms with Crippen molar-refractivity contribution >= 4 is 22.8 Å². The van der Waals surface area contributed by atoms with Crippen LogP contribution in [-0.4, -0.2) is 28.0 Å². The van der Waals surface area contributed by atoms with E-state index >= 15 is 0 Å². The van der Waals surface area contributed by atoms with Crippen LogP contribution < -0.4 is 5.32 Å². The second-order valence-corrected chi connectivity index (χ2v) is 6.75. The summed E-state index contributed by atoms with van der Waals surface area (Å²) in [5, 5.41) is 19.8. The normalized spacial score (nSPS) is 12.6. The second kappa shape index (κ2) is 6.42. The van der Waals surface area contributed by atoms with E-state index in [2.05, 4.69) is 39.8 Å². The minimum absolute atomic E-state index is 0.00558. The Balaban J connectivity index is 1.34. The molecule has 0 unspecified atom stereocenters. The van der Waals surface area contributed by atoms with Gasteiger partial charge in [0, 0.05) is 17.4 Å². The van der Waals surface area contributed by atoms with E-state index in [-0.39, 0.29) is 18.3 Å². The van der Waals surface area contributed by atoms with Crippen LogP contribution in [0.5, 0.6) is 5.75 Å². The first-order chi connectivity index (χ1) is 13.7. The standard InChI is InChI=1S/C22H17N3O3/c26-13-9-10-18-20(11-13)24-25-21(18)23-22(27)28-12-19-16-7-3-1-5-14(16)15-6-2-4-8-17(15)19/h1-11,19,26H,12H2,(H2,23,24,25,27). The topological polar surface area (TPSA) is 87.2 Å². The van der Waals surface area contributed by atoms with Gasteiger partial charge in [-0.3, -0.25) is 10.4 Å². The number of hydrogen-bond donors (Lipinski definition) is 3. The van der Waals surface area contributed by atoms with Gasteiger partial charge < -0.3 is 9.84 Å². The highest BCUT2D eigenvalue weighted by molar-refractivity contribution is 5.97. The Labute approximate surface area is 160 Å². The molecule has 0 bridgehead atoms. The summed E-state index contributed by atoms with van der Waals surface area (Å²) in [5.74, 6) is 0.502. The van der Waals surface area contributed by atoms with E-state index < -0.39 is 6.09 Å². The molecule has 138 valence electrons. The van der Waals surface area contributed by atoms with Crippen LogP contribution in [-0.2, 0) is 4.74 Å². The average molecular weight is 371 g/mol. The minimum Gasteiger partial charge on any atom is -0.508 e. The number of phenols is 1. The van der Waals surface area contributed by atoms with Crippen LogP contribution in [0.4, 0.5) is 10.6 Å². The van der Waals surface area contributed by atoms with Gasteiger partial charge >= 0.3 is 6.09 Å². The fraction of sp³-hybridized carbons (Fsp3) is 0.0909. The van der Waals surface area contributed by atoms with Crippen LogP contribution in [0, 0.1) is 0 Å². The highest BCUT2D eigenvalue weighted by Crippen LogP contribution is 2.44. The summed E-state index contributed by atoms with van der Waals surface area (Å²) in [7, 11) is 0. The maximum atomic E-state index is 12.4. The van der Waals surface area contributed by atoms with Crippen LogP contribution in [0.25, 0.3) is 22.0 Å². The van der Waals surface area contributed by atoms with Gasteiger partial charge in [0.15, 0.2) is 5.82 Å². The van der Waals surface area contributed by atoms with E-state index in [0.717, 1.165) is 11.1 Å². The van der Waals surface area contributed by atoms with Crippen LogP contribution >= 0.6 is 0 Å². The van der Waals surface area contributed by atoms with E-state index in [0.29, 0.717) is 16.7 Å². The monoisotopic (exact) mass is 371 g/mol. The number of aromatic nitrogens is 2. The zero-order chi connectivity index (χ0) is 19.1. The van der Waals surface area contributed by atoms with Gasteiger partial charge in [0.2, 0.25) is 0 Å². The molecule has 1 aromatic heterocycles. The molecule has 5 rings (SSSR count). The molecule has 0 saturated heterocycles. The number of carbonyl (C=O) groups is 1. The number of benzene rings is 3. The van der Waals surface area contributed by atoms with Crippen molar-refractivity contribution in [2.24, 2.45) is 0 Å². The Morgan fingerprint density at radius 2 is 1.71 bits per heavy atom. The summed E-state index contributed by atoms with van der Waals surface area (Å²) in [6.07, 6.45) is -0.566. The Bertz CT molecular complexity index is 1150. The molecule has 6 heteroatoms. The van der Waals surface area contributed by atoms with Crippen molar-refractivity contribution in [1.29, 1.82) is 0 Å². The lowest BCUT2D eigenvalue weighted by molar-refractivity contribution is 0.158. The molecule has 3 aromatic carbocycles. The quantitative estimate of drug-likeness (QED) is 0.490. The van der Waals surface area contributed by atoms with Gasteiger partial charge in [-0.1, -0.05) is 48.5 Å². The number of anilines is 1. The van der Waals surface area contributed by atoms with Crippen molar-refractivity contribution in [3.8, 4) is 16.9 Å². The molecule has 4 aromatic rings. The number of fused-ring (bicyclic) bond motifs is 4. The third-order valence-corrected chi connectivity index (χ3v) is 5.11. The number of nitrogens with one attached hydrogen (secondary N) is 2. The lowest BCUT2D eigenvalue weighted by Gasteiger charge is -2.14. The molecule has 0 aliphatic heterocycles. The highest BCUT2D eigenvalue weighted by Gasteiger charge is 2.29. The predicted molar refractivity (Wildman–Crippen MR) is 106 cm³/mol. The number of rotatable bonds is 3. The van der Waals surface area contributed by atoms with E-state index in [1.807, 2.05) is 24.3 Å². The first-order valence-electron chi connectivity index (χ1n) is 9.00. The number of H-pyrrole nitrogens is 1. The number of ether oxygens (including phenoxy) is 1. The molecular formula is C22H17N3O3. The molecule has 1 aliphatic carbocycles. The Morgan fingerprint density at radius 3 is 2.43 bits per heavy atom. The Hall–Kier alpha value is -3.80. The molecule has 1 amide bonds. The minimum atomic E-state index is -0.566. The predicted octanol–water partition coefficient (Wildman–Crippen LogP) is 4.63. The van der Waals surface area contributed by atoms with Crippen LogP contribution in [0.3, 0.4) is 0 Å². The first kappa shape index (κ1) is 16.4. The molecule has 6 nitrogen and oxygen atoms in total. The highest BCUT2D eigenvalue weighted by atomic mass is 16.5. The summed E-state index contributed by atoms with van der Waals surface area (Å²) < 4.78 is 5.53. The van der Waals surface area contributed by atoms with Crippen LogP contribution in [0.2, 0.25) is 0 Å². The van der Waals surface area contributed by atoms with Crippen molar-refractivity contribution in [2.45, 2.75) is 5.92 Å².